The molecule has 0 aromatic heterocycles. The van der Waals surface area contributed by atoms with E-state index in [1.807, 2.05) is 33.8 Å². The van der Waals surface area contributed by atoms with Crippen molar-refractivity contribution >= 4 is 11.8 Å². The fourth-order valence-corrected chi connectivity index (χ4v) is 2.21. The third kappa shape index (κ3) is 3.01. The first-order chi connectivity index (χ1) is 8.33. The van der Waals surface area contributed by atoms with Gasteiger partial charge in [-0.15, -0.1) is 0 Å². The van der Waals surface area contributed by atoms with Gasteiger partial charge in [-0.3, -0.25) is 9.59 Å². The minimum atomic E-state index is -0.446. The van der Waals surface area contributed by atoms with Gasteiger partial charge in [0.25, 0.3) is 0 Å². The Kier molecular flexibility index (Phi) is 4.71. The maximum atomic E-state index is 12.2. The summed E-state index contributed by atoms with van der Waals surface area (Å²) in [5.41, 5.74) is -0.613. The van der Waals surface area contributed by atoms with Crippen molar-refractivity contribution in [2.24, 2.45) is 10.8 Å². The molecule has 102 valence electrons. The predicted molar refractivity (Wildman–Crippen MR) is 71.1 cm³/mol. The van der Waals surface area contributed by atoms with E-state index >= 15 is 0 Å². The largest absolute Gasteiger partial charge is 0.458 e. The van der Waals surface area contributed by atoms with Crippen LogP contribution in [0.3, 0.4) is 0 Å². The Morgan fingerprint density at radius 1 is 1.28 bits per heavy atom. The van der Waals surface area contributed by atoms with Crippen LogP contribution in [-0.4, -0.2) is 18.4 Å². The molecule has 0 heterocycles. The number of carbonyl (C=O) groups excluding carboxylic acids is 2. The number of ether oxygens (including phenoxy) is 1. The summed E-state index contributed by atoms with van der Waals surface area (Å²) in [5.74, 6) is -0.250. The molecule has 3 heteroatoms. The van der Waals surface area contributed by atoms with Crippen LogP contribution >= 0.6 is 0 Å². The van der Waals surface area contributed by atoms with Crippen LogP contribution in [0.5, 0.6) is 0 Å². The quantitative estimate of drug-likeness (QED) is 0.538. The van der Waals surface area contributed by atoms with E-state index in [-0.39, 0.29) is 23.8 Å². The monoisotopic (exact) mass is 252 g/mol. The van der Waals surface area contributed by atoms with Crippen molar-refractivity contribution in [2.45, 2.75) is 53.4 Å². The lowest BCUT2D eigenvalue weighted by Gasteiger charge is -2.36. The van der Waals surface area contributed by atoms with Gasteiger partial charge in [-0.05, 0) is 18.3 Å². The van der Waals surface area contributed by atoms with Crippen LogP contribution in [0.2, 0.25) is 0 Å². The van der Waals surface area contributed by atoms with Gasteiger partial charge in [0.1, 0.15) is 0 Å². The van der Waals surface area contributed by atoms with Crippen molar-refractivity contribution in [1.82, 2.24) is 0 Å². The first-order valence-corrected chi connectivity index (χ1v) is 6.70. The van der Waals surface area contributed by atoms with Gasteiger partial charge in [-0.25, -0.2) is 0 Å². The summed E-state index contributed by atoms with van der Waals surface area (Å²) in [7, 11) is 0. The summed E-state index contributed by atoms with van der Waals surface area (Å²) in [5, 5.41) is 0. The highest BCUT2D eigenvalue weighted by Crippen LogP contribution is 2.48. The number of esters is 1. The van der Waals surface area contributed by atoms with E-state index in [0.29, 0.717) is 6.42 Å². The zero-order chi connectivity index (χ0) is 13.8. The van der Waals surface area contributed by atoms with Crippen molar-refractivity contribution < 1.29 is 14.3 Å². The Balaban J connectivity index is 2.49. The predicted octanol–water partition coefficient (Wildman–Crippen LogP) is 3.28. The van der Waals surface area contributed by atoms with Crippen molar-refractivity contribution in [1.29, 1.82) is 0 Å². The van der Waals surface area contributed by atoms with Crippen molar-refractivity contribution in [2.75, 3.05) is 6.61 Å². The third-order valence-corrected chi connectivity index (χ3v) is 4.20. The molecule has 18 heavy (non-hydrogen) atoms. The summed E-state index contributed by atoms with van der Waals surface area (Å²) in [4.78, 5) is 23.6. The number of carbonyl (C=O) groups is 2. The molecule has 1 aliphatic rings. The molecule has 0 N–H and O–H groups in total. The molecule has 3 nitrogen and oxygen atoms in total. The van der Waals surface area contributed by atoms with Crippen LogP contribution in [-0.2, 0) is 14.3 Å². The first kappa shape index (κ1) is 14.9. The highest BCUT2D eigenvalue weighted by molar-refractivity contribution is 5.89. The molecule has 1 atom stereocenters. The molecule has 0 fully saturated rings. The van der Waals surface area contributed by atoms with E-state index in [1.54, 1.807) is 0 Å². The molecule has 0 bridgehead atoms. The number of Topliss-reactive ketones (excluding diaryl/α,β-unsaturated/α-hetero) is 1. The summed E-state index contributed by atoms with van der Waals surface area (Å²) in [6.07, 6.45) is 7.02. The zero-order valence-electron chi connectivity index (χ0n) is 11.9. The van der Waals surface area contributed by atoms with Gasteiger partial charge in [-0.1, -0.05) is 46.3 Å². The number of rotatable bonds is 6. The van der Waals surface area contributed by atoms with E-state index in [4.69, 9.17) is 4.74 Å². The number of hydrogen-bond donors (Lipinski definition) is 0. The second kappa shape index (κ2) is 5.68. The third-order valence-electron chi connectivity index (χ3n) is 4.20. The lowest BCUT2D eigenvalue weighted by Crippen LogP contribution is -2.40. The summed E-state index contributed by atoms with van der Waals surface area (Å²) >= 11 is 0. The van der Waals surface area contributed by atoms with Crippen LogP contribution in [0.25, 0.3) is 0 Å². The van der Waals surface area contributed by atoms with E-state index in [9.17, 15) is 9.59 Å². The van der Waals surface area contributed by atoms with Crippen LogP contribution in [0, 0.1) is 10.8 Å². The van der Waals surface area contributed by atoms with Crippen LogP contribution < -0.4 is 0 Å². The minimum absolute atomic E-state index is 0.0161. The number of allylic oxidation sites excluding steroid dienone is 2. The average molecular weight is 252 g/mol. The molecule has 0 spiro atoms. The van der Waals surface area contributed by atoms with Gasteiger partial charge in [0.2, 0.25) is 0 Å². The van der Waals surface area contributed by atoms with Gasteiger partial charge in [-0.2, -0.15) is 0 Å². The van der Waals surface area contributed by atoms with Crippen molar-refractivity contribution in [3.8, 4) is 0 Å². The number of hydrogen-bond acceptors (Lipinski definition) is 3. The van der Waals surface area contributed by atoms with E-state index in [0.717, 1.165) is 19.3 Å². The average Bonchev–Trinajstić information content (AvgIpc) is 2.59. The van der Waals surface area contributed by atoms with Gasteiger partial charge in [0.15, 0.2) is 12.4 Å². The van der Waals surface area contributed by atoms with E-state index in [1.165, 1.54) is 0 Å². The second-order valence-corrected chi connectivity index (χ2v) is 5.85. The Labute approximate surface area is 110 Å². The Hall–Kier alpha value is -1.12. The van der Waals surface area contributed by atoms with E-state index < -0.39 is 5.41 Å². The molecular weight excluding hydrogens is 228 g/mol. The second-order valence-electron chi connectivity index (χ2n) is 5.85. The normalized spacial score (nSPS) is 25.1. The van der Waals surface area contributed by atoms with Gasteiger partial charge < -0.3 is 4.74 Å². The zero-order valence-corrected chi connectivity index (χ0v) is 11.9. The first-order valence-electron chi connectivity index (χ1n) is 6.70. The standard InChI is InChI=1S/C15H24O3/c1-5-6-8-13(17)18-11-12(16)15(4)10-7-9-14(15,2)3/h7,9H,5-6,8,10-11H2,1-4H3. The minimum Gasteiger partial charge on any atom is -0.458 e. The maximum Gasteiger partial charge on any atom is 0.306 e. The van der Waals surface area contributed by atoms with Crippen LogP contribution in [0.1, 0.15) is 53.4 Å². The fraction of sp³-hybridized carbons (Fsp3) is 0.733. The fourth-order valence-electron chi connectivity index (χ4n) is 2.21. The Morgan fingerprint density at radius 3 is 2.44 bits per heavy atom. The topological polar surface area (TPSA) is 43.4 Å². The van der Waals surface area contributed by atoms with Gasteiger partial charge >= 0.3 is 5.97 Å². The maximum absolute atomic E-state index is 12.2. The molecule has 0 saturated heterocycles. The molecule has 1 rings (SSSR count). The SMILES string of the molecule is CCCCC(=O)OCC(=O)C1(C)CC=CC1(C)C. The summed E-state index contributed by atoms with van der Waals surface area (Å²) < 4.78 is 5.06. The Morgan fingerprint density at radius 2 is 1.94 bits per heavy atom. The Bertz CT molecular complexity index is 355. The molecule has 0 aromatic rings. The van der Waals surface area contributed by atoms with Crippen molar-refractivity contribution in [3.05, 3.63) is 12.2 Å². The highest BCUT2D eigenvalue weighted by atomic mass is 16.5. The van der Waals surface area contributed by atoms with Gasteiger partial charge in [0, 0.05) is 11.8 Å². The lowest BCUT2D eigenvalue weighted by atomic mass is 9.66. The number of unbranched alkanes of at least 4 members (excludes halogenated alkanes) is 1. The molecule has 1 aliphatic carbocycles. The number of ketones is 1. The molecule has 1 unspecified atom stereocenters. The molecule has 0 aliphatic heterocycles. The summed E-state index contributed by atoms with van der Waals surface area (Å²) in [6.45, 7) is 7.98. The molecule has 0 saturated carbocycles. The molecular formula is C15H24O3. The van der Waals surface area contributed by atoms with Crippen molar-refractivity contribution in [3.63, 3.8) is 0 Å². The highest BCUT2D eigenvalue weighted by Gasteiger charge is 2.47. The molecule has 0 radical (unpaired) electrons. The van der Waals surface area contributed by atoms with Gasteiger partial charge in [0.05, 0.1) is 0 Å². The molecule has 0 aromatic carbocycles. The van der Waals surface area contributed by atoms with E-state index in [2.05, 4.69) is 6.08 Å². The summed E-state index contributed by atoms with van der Waals surface area (Å²) in [6, 6.07) is 0. The van der Waals surface area contributed by atoms with Crippen LogP contribution in [0.15, 0.2) is 12.2 Å². The lowest BCUT2D eigenvalue weighted by molar-refractivity contribution is -0.152. The smallest absolute Gasteiger partial charge is 0.306 e. The molecule has 0 amide bonds. The van der Waals surface area contributed by atoms with Crippen LogP contribution in [0.4, 0.5) is 0 Å².